The number of likely N-dealkylation sites (N-methyl/N-ethyl adjacent to an activating group) is 1. The van der Waals surface area contributed by atoms with E-state index in [0.29, 0.717) is 65.5 Å². The molecule has 3 atom stereocenters. The minimum atomic E-state index is -0.390. The smallest absolute Gasteiger partial charge is 0.241 e. The van der Waals surface area contributed by atoms with Crippen LogP contribution in [0.15, 0.2) is 97.3 Å². The van der Waals surface area contributed by atoms with Crippen molar-refractivity contribution in [1.82, 2.24) is 30.4 Å². The number of ether oxygens (including phenoxy) is 2. The number of anilines is 2. The number of amides is 2. The van der Waals surface area contributed by atoms with Gasteiger partial charge in [0.05, 0.1) is 49.4 Å². The Morgan fingerprint density at radius 1 is 1.03 bits per heavy atom. The van der Waals surface area contributed by atoms with Crippen LogP contribution in [-0.4, -0.2) is 123 Å². The summed E-state index contributed by atoms with van der Waals surface area (Å²) in [7, 11) is 3.76. The summed E-state index contributed by atoms with van der Waals surface area (Å²) in [6, 6.07) is 26.7. The molecule has 1 fully saturated rings. The molecule has 0 saturated carbocycles. The number of carbonyl (C=O) groups is 2. The van der Waals surface area contributed by atoms with Gasteiger partial charge in [-0.05, 0) is 78.9 Å². The number of hydrogen-bond acceptors (Lipinski definition) is 10. The molecule has 0 spiro atoms. The van der Waals surface area contributed by atoms with E-state index in [1.165, 1.54) is 12.1 Å². The lowest BCUT2D eigenvalue weighted by Crippen LogP contribution is -2.59. The predicted octanol–water partition coefficient (Wildman–Crippen LogP) is 5.75. The number of halogens is 1. The molecule has 2 amide bonds. The van der Waals surface area contributed by atoms with Crippen molar-refractivity contribution in [3.8, 4) is 0 Å². The van der Waals surface area contributed by atoms with Crippen LogP contribution in [0.5, 0.6) is 0 Å². The van der Waals surface area contributed by atoms with Crippen molar-refractivity contribution in [2.24, 2.45) is 0 Å². The van der Waals surface area contributed by atoms with E-state index in [0.717, 1.165) is 63.3 Å². The van der Waals surface area contributed by atoms with Crippen LogP contribution in [0.2, 0.25) is 0 Å². The fourth-order valence-corrected chi connectivity index (χ4v) is 8.50. The summed E-state index contributed by atoms with van der Waals surface area (Å²) < 4.78 is 25.5. The average molecular weight is 845 g/mol. The molecular weight excluding hydrogens is 784 g/mol. The molecule has 4 heterocycles. The number of rotatable bonds is 19. The number of carbonyl (C=O) groups excluding carboxylic acids is 2. The summed E-state index contributed by atoms with van der Waals surface area (Å²) in [5.41, 5.74) is 6.01. The van der Waals surface area contributed by atoms with Crippen LogP contribution in [0.4, 0.5) is 15.8 Å². The molecule has 0 bridgehead atoms. The van der Waals surface area contributed by atoms with Gasteiger partial charge in [0, 0.05) is 93.9 Å². The van der Waals surface area contributed by atoms with E-state index in [4.69, 9.17) is 14.5 Å². The summed E-state index contributed by atoms with van der Waals surface area (Å²) in [4.78, 5) is 43.6. The fraction of sp³-hybridized carbons (Fsp3) is 0.429. The van der Waals surface area contributed by atoms with Gasteiger partial charge in [-0.1, -0.05) is 62.4 Å². The maximum Gasteiger partial charge on any atom is 0.241 e. The lowest BCUT2D eigenvalue weighted by atomic mass is 9.90. The molecule has 12 nitrogen and oxygen atoms in total. The van der Waals surface area contributed by atoms with E-state index < -0.39 is 0 Å². The molecular formula is C49H61FN8O4. The number of hydrogen-bond donors (Lipinski definition) is 3. The topological polar surface area (TPSA) is 124 Å². The fourth-order valence-electron chi connectivity index (χ4n) is 8.50. The van der Waals surface area contributed by atoms with Gasteiger partial charge in [0.25, 0.3) is 0 Å². The monoisotopic (exact) mass is 844 g/mol. The number of piperazine rings is 1. The number of pyridine rings is 2. The molecule has 7 rings (SSSR count). The van der Waals surface area contributed by atoms with E-state index in [1.807, 2.05) is 77.8 Å². The van der Waals surface area contributed by atoms with E-state index in [-0.39, 0.29) is 41.0 Å². The molecule has 0 aliphatic carbocycles. The SMILES string of the molecule is COC[C@H]1CN[C@H](C)CN1CC(=O)N1CC(C)(C)c2nc(CN(C)CCOCCNC[C@@H](C(=O)Nc3ccc4cnccc4c3)c3ccccc3)c(Cc3ccc(F)cc3)cc21. The van der Waals surface area contributed by atoms with E-state index in [1.54, 1.807) is 13.3 Å². The number of methoxy groups -OCH3 is 1. The van der Waals surface area contributed by atoms with Crippen LogP contribution >= 0.6 is 0 Å². The molecule has 2 aliphatic heterocycles. The van der Waals surface area contributed by atoms with Crippen LogP contribution < -0.4 is 20.9 Å². The van der Waals surface area contributed by atoms with Crippen LogP contribution in [0.1, 0.15) is 54.8 Å². The van der Waals surface area contributed by atoms with E-state index in [9.17, 15) is 14.0 Å². The standard InChI is InChI=1S/C49H61FN8O4/c1-34-29-57(42(27-53-34)32-61-5)31-46(59)58-33-49(2,3)47-45(58)25-39(23-35-11-14-40(50)15-12-35)44(55-47)30-56(4)20-22-62-21-19-52-28-43(36-9-7-6-8-10-36)48(60)54-41-16-13-38-26-51-18-17-37(38)24-41/h6-18,24-26,34,42-43,52-53H,19-23,27-33H2,1-5H3,(H,54,60)/t34-,42-,43-/m1/s1. The van der Waals surface area contributed by atoms with Gasteiger partial charge in [0.15, 0.2) is 0 Å². The first-order valence-corrected chi connectivity index (χ1v) is 21.7. The Labute approximate surface area is 365 Å². The molecule has 3 aromatic carbocycles. The Kier molecular flexibility index (Phi) is 15.1. The van der Waals surface area contributed by atoms with Crippen molar-refractivity contribution in [1.29, 1.82) is 0 Å². The normalized spacial score (nSPS) is 18.0. The second kappa shape index (κ2) is 20.8. The first-order chi connectivity index (χ1) is 30.0. The van der Waals surface area contributed by atoms with Gasteiger partial charge < -0.3 is 30.3 Å². The van der Waals surface area contributed by atoms with Gasteiger partial charge in [0.1, 0.15) is 5.82 Å². The summed E-state index contributed by atoms with van der Waals surface area (Å²) in [6.45, 7) is 12.7. The predicted molar refractivity (Wildman–Crippen MR) is 243 cm³/mol. The van der Waals surface area contributed by atoms with Crippen molar-refractivity contribution in [2.45, 2.75) is 57.2 Å². The second-order valence-electron chi connectivity index (χ2n) is 17.4. The number of benzene rings is 3. The third-order valence-corrected chi connectivity index (χ3v) is 11.9. The average Bonchev–Trinajstić information content (AvgIpc) is 3.52. The number of nitrogens with zero attached hydrogens (tertiary/aromatic N) is 5. The van der Waals surface area contributed by atoms with Gasteiger partial charge >= 0.3 is 0 Å². The lowest BCUT2D eigenvalue weighted by Gasteiger charge is -2.39. The Morgan fingerprint density at radius 2 is 1.84 bits per heavy atom. The summed E-state index contributed by atoms with van der Waals surface area (Å²) in [6.07, 6.45) is 4.11. The quantitative estimate of drug-likeness (QED) is 0.0886. The molecule has 3 N–H and O–H groups in total. The largest absolute Gasteiger partial charge is 0.383 e. The third-order valence-electron chi connectivity index (χ3n) is 11.9. The van der Waals surface area contributed by atoms with Gasteiger partial charge in [-0.15, -0.1) is 0 Å². The molecule has 0 unspecified atom stereocenters. The van der Waals surface area contributed by atoms with Gasteiger partial charge in [-0.25, -0.2) is 4.39 Å². The maximum absolute atomic E-state index is 14.1. The zero-order valence-electron chi connectivity index (χ0n) is 36.7. The Balaban J connectivity index is 0.957. The first kappa shape index (κ1) is 44.9. The molecule has 13 heteroatoms. The van der Waals surface area contributed by atoms with Crippen LogP contribution in [-0.2, 0) is 37.4 Å². The Bertz CT molecular complexity index is 2280. The van der Waals surface area contributed by atoms with E-state index >= 15 is 0 Å². The Morgan fingerprint density at radius 3 is 2.63 bits per heavy atom. The third kappa shape index (κ3) is 11.5. The highest BCUT2D eigenvalue weighted by Crippen LogP contribution is 2.41. The second-order valence-corrected chi connectivity index (χ2v) is 17.4. The summed E-state index contributed by atoms with van der Waals surface area (Å²) >= 11 is 0. The van der Waals surface area contributed by atoms with E-state index in [2.05, 4.69) is 64.6 Å². The Hall–Kier alpha value is -5.15. The molecule has 62 heavy (non-hydrogen) atoms. The minimum absolute atomic E-state index is 0.0519. The molecule has 5 aromatic rings. The highest BCUT2D eigenvalue weighted by molar-refractivity contribution is 5.98. The van der Waals surface area contributed by atoms with Crippen molar-refractivity contribution < 1.29 is 23.5 Å². The first-order valence-electron chi connectivity index (χ1n) is 21.7. The molecule has 2 aromatic heterocycles. The van der Waals surface area contributed by atoms with Crippen LogP contribution in [0.25, 0.3) is 10.8 Å². The lowest BCUT2D eigenvalue weighted by molar-refractivity contribution is -0.121. The number of aromatic nitrogens is 2. The summed E-state index contributed by atoms with van der Waals surface area (Å²) in [5, 5.41) is 12.1. The molecule has 2 aliphatic rings. The van der Waals surface area contributed by atoms with Gasteiger partial charge in [-0.3, -0.25) is 29.4 Å². The van der Waals surface area contributed by atoms with Crippen molar-refractivity contribution >= 4 is 34.0 Å². The van der Waals surface area contributed by atoms with Crippen LogP contribution in [0.3, 0.4) is 0 Å². The molecule has 0 radical (unpaired) electrons. The molecule has 1 saturated heterocycles. The minimum Gasteiger partial charge on any atom is -0.383 e. The molecule has 328 valence electrons. The summed E-state index contributed by atoms with van der Waals surface area (Å²) in [5.74, 6) is -0.697. The van der Waals surface area contributed by atoms with Crippen LogP contribution in [0, 0.1) is 5.82 Å². The van der Waals surface area contributed by atoms with Crippen molar-refractivity contribution in [3.63, 3.8) is 0 Å². The maximum atomic E-state index is 14.1. The number of nitrogens with one attached hydrogen (secondary N) is 3. The van der Waals surface area contributed by atoms with Gasteiger partial charge in [0.2, 0.25) is 11.8 Å². The number of fused-ring (bicyclic) bond motifs is 2. The zero-order chi connectivity index (χ0) is 43.6. The highest BCUT2D eigenvalue weighted by Gasteiger charge is 2.41. The van der Waals surface area contributed by atoms with Crippen molar-refractivity contribution in [2.75, 3.05) is 90.0 Å². The zero-order valence-corrected chi connectivity index (χ0v) is 36.7. The van der Waals surface area contributed by atoms with Crippen molar-refractivity contribution in [3.05, 3.63) is 131 Å². The highest BCUT2D eigenvalue weighted by atomic mass is 19.1. The van der Waals surface area contributed by atoms with Gasteiger partial charge in [-0.2, -0.15) is 0 Å².